The van der Waals surface area contributed by atoms with Crippen LogP contribution < -0.4 is 11.5 Å². The number of unbranched alkanes of at least 4 members (excludes halogenated alkanes) is 3. The van der Waals surface area contributed by atoms with Gasteiger partial charge in [0.25, 0.3) is 0 Å². The Morgan fingerprint density at radius 3 is 2.29 bits per heavy atom. The zero-order valence-electron chi connectivity index (χ0n) is 8.96. The quantitative estimate of drug-likeness (QED) is 0.514. The van der Waals surface area contributed by atoms with E-state index in [2.05, 4.69) is 0 Å². The summed E-state index contributed by atoms with van der Waals surface area (Å²) >= 11 is 0. The molecule has 0 aliphatic heterocycles. The van der Waals surface area contributed by atoms with Crippen molar-refractivity contribution >= 4 is 5.97 Å². The number of aliphatic carboxylic acids is 1. The van der Waals surface area contributed by atoms with Gasteiger partial charge in [0.1, 0.15) is 5.54 Å². The number of hydrogen-bond acceptors (Lipinski definition) is 3. The number of nitrogens with two attached hydrogens (primary N) is 2. The molecule has 4 heteroatoms. The third-order valence-electron chi connectivity index (χ3n) is 2.63. The van der Waals surface area contributed by atoms with Crippen LogP contribution in [0.25, 0.3) is 0 Å². The summed E-state index contributed by atoms with van der Waals surface area (Å²) in [6.07, 6.45) is 5.01. The molecule has 0 heterocycles. The molecule has 0 amide bonds. The first-order valence-electron chi connectivity index (χ1n) is 5.29. The van der Waals surface area contributed by atoms with Gasteiger partial charge in [-0.1, -0.05) is 26.2 Å². The van der Waals surface area contributed by atoms with Crippen LogP contribution in [0.2, 0.25) is 0 Å². The summed E-state index contributed by atoms with van der Waals surface area (Å²) in [6, 6.07) is 0. The number of carbonyl (C=O) groups is 1. The predicted octanol–water partition coefficient (Wildman–Crippen LogP) is 1.09. The first-order valence-corrected chi connectivity index (χ1v) is 5.29. The number of carboxylic acids is 1. The molecular weight excluding hydrogens is 180 g/mol. The molecule has 0 bridgehead atoms. The minimum absolute atomic E-state index is 0.485. The van der Waals surface area contributed by atoms with E-state index in [-0.39, 0.29) is 0 Å². The minimum atomic E-state index is -1.03. The SMILES string of the molecule is CCC(N)(CCCCCCN)C(=O)O. The summed E-state index contributed by atoms with van der Waals surface area (Å²) < 4.78 is 0. The van der Waals surface area contributed by atoms with E-state index in [4.69, 9.17) is 16.6 Å². The van der Waals surface area contributed by atoms with E-state index in [9.17, 15) is 4.79 Å². The van der Waals surface area contributed by atoms with Crippen LogP contribution in [0.3, 0.4) is 0 Å². The van der Waals surface area contributed by atoms with Gasteiger partial charge in [0, 0.05) is 0 Å². The summed E-state index contributed by atoms with van der Waals surface area (Å²) in [5.74, 6) is -0.890. The summed E-state index contributed by atoms with van der Waals surface area (Å²) in [5, 5.41) is 8.89. The lowest BCUT2D eigenvalue weighted by Crippen LogP contribution is -2.47. The summed E-state index contributed by atoms with van der Waals surface area (Å²) in [4.78, 5) is 10.8. The van der Waals surface area contributed by atoms with Gasteiger partial charge in [0.05, 0.1) is 0 Å². The van der Waals surface area contributed by atoms with Crippen LogP contribution in [0.1, 0.15) is 45.4 Å². The fourth-order valence-electron chi connectivity index (χ4n) is 1.37. The molecule has 0 saturated carbocycles. The smallest absolute Gasteiger partial charge is 0.323 e. The lowest BCUT2D eigenvalue weighted by Gasteiger charge is -2.22. The first-order chi connectivity index (χ1) is 6.56. The van der Waals surface area contributed by atoms with Crippen molar-refractivity contribution in [2.45, 2.75) is 51.0 Å². The molecule has 4 nitrogen and oxygen atoms in total. The van der Waals surface area contributed by atoms with Crippen LogP contribution in [0.15, 0.2) is 0 Å². The Morgan fingerprint density at radius 2 is 1.86 bits per heavy atom. The Bertz CT molecular complexity index is 174. The monoisotopic (exact) mass is 202 g/mol. The van der Waals surface area contributed by atoms with Crippen LogP contribution in [0.4, 0.5) is 0 Å². The fourth-order valence-corrected chi connectivity index (χ4v) is 1.37. The van der Waals surface area contributed by atoms with Gasteiger partial charge in [0.15, 0.2) is 0 Å². The van der Waals surface area contributed by atoms with E-state index >= 15 is 0 Å². The van der Waals surface area contributed by atoms with Gasteiger partial charge in [0.2, 0.25) is 0 Å². The summed E-state index contributed by atoms with van der Waals surface area (Å²) in [5.41, 5.74) is 10.1. The largest absolute Gasteiger partial charge is 0.480 e. The van der Waals surface area contributed by atoms with Gasteiger partial charge in [-0.05, 0) is 25.8 Å². The average molecular weight is 202 g/mol. The molecule has 0 spiro atoms. The van der Waals surface area contributed by atoms with Crippen LogP contribution >= 0.6 is 0 Å². The van der Waals surface area contributed by atoms with Gasteiger partial charge in [-0.3, -0.25) is 4.79 Å². The second-order valence-electron chi connectivity index (χ2n) is 3.77. The van der Waals surface area contributed by atoms with Crippen molar-refractivity contribution in [1.29, 1.82) is 0 Å². The topological polar surface area (TPSA) is 89.3 Å². The molecule has 0 aromatic rings. The standard InChI is InChI=1S/C10H22N2O2/c1-2-10(12,9(13)14)7-5-3-4-6-8-11/h2-8,11-12H2,1H3,(H,13,14). The normalized spacial score (nSPS) is 15.1. The summed E-state index contributed by atoms with van der Waals surface area (Å²) in [6.45, 7) is 2.52. The highest BCUT2D eigenvalue weighted by Gasteiger charge is 2.30. The molecule has 0 rings (SSSR count). The van der Waals surface area contributed by atoms with Gasteiger partial charge >= 0.3 is 5.97 Å². The van der Waals surface area contributed by atoms with Crippen LogP contribution in [-0.4, -0.2) is 23.2 Å². The third-order valence-corrected chi connectivity index (χ3v) is 2.63. The number of carboxylic acid groups (broad SMARTS) is 1. The van der Waals surface area contributed by atoms with E-state index in [1.54, 1.807) is 0 Å². The van der Waals surface area contributed by atoms with Crippen molar-refractivity contribution in [2.24, 2.45) is 11.5 Å². The van der Waals surface area contributed by atoms with Gasteiger partial charge in [-0.2, -0.15) is 0 Å². The van der Waals surface area contributed by atoms with E-state index in [1.165, 1.54) is 0 Å². The van der Waals surface area contributed by atoms with Crippen LogP contribution in [-0.2, 0) is 4.79 Å². The minimum Gasteiger partial charge on any atom is -0.480 e. The lowest BCUT2D eigenvalue weighted by molar-refractivity contribution is -0.143. The molecule has 1 atom stereocenters. The second kappa shape index (κ2) is 6.79. The molecular formula is C10H22N2O2. The van der Waals surface area contributed by atoms with Crippen molar-refractivity contribution in [2.75, 3.05) is 6.54 Å². The molecule has 0 aromatic carbocycles. The molecule has 0 aliphatic carbocycles. The van der Waals surface area contributed by atoms with Crippen molar-refractivity contribution in [3.05, 3.63) is 0 Å². The highest BCUT2D eigenvalue weighted by atomic mass is 16.4. The molecule has 84 valence electrons. The molecule has 0 aromatic heterocycles. The predicted molar refractivity (Wildman–Crippen MR) is 57.0 cm³/mol. The second-order valence-corrected chi connectivity index (χ2v) is 3.77. The van der Waals surface area contributed by atoms with E-state index < -0.39 is 11.5 Å². The summed E-state index contributed by atoms with van der Waals surface area (Å²) in [7, 11) is 0. The Hall–Kier alpha value is -0.610. The Balaban J connectivity index is 3.68. The maximum absolute atomic E-state index is 10.8. The molecule has 0 radical (unpaired) electrons. The molecule has 1 unspecified atom stereocenters. The van der Waals surface area contributed by atoms with Crippen LogP contribution in [0.5, 0.6) is 0 Å². The highest BCUT2D eigenvalue weighted by molar-refractivity contribution is 5.78. The molecule has 0 saturated heterocycles. The van der Waals surface area contributed by atoms with Crippen molar-refractivity contribution in [3.63, 3.8) is 0 Å². The van der Waals surface area contributed by atoms with Gasteiger partial charge < -0.3 is 16.6 Å². The Morgan fingerprint density at radius 1 is 1.29 bits per heavy atom. The first kappa shape index (κ1) is 13.4. The fraction of sp³-hybridized carbons (Fsp3) is 0.900. The number of rotatable bonds is 8. The maximum atomic E-state index is 10.8. The van der Waals surface area contributed by atoms with Gasteiger partial charge in [-0.25, -0.2) is 0 Å². The van der Waals surface area contributed by atoms with Crippen molar-refractivity contribution < 1.29 is 9.90 Å². The molecule has 14 heavy (non-hydrogen) atoms. The molecule has 0 fully saturated rings. The Labute approximate surface area is 85.7 Å². The van der Waals surface area contributed by atoms with E-state index in [1.807, 2.05) is 6.92 Å². The molecule has 5 N–H and O–H groups in total. The zero-order valence-corrected chi connectivity index (χ0v) is 8.96. The average Bonchev–Trinajstić information content (AvgIpc) is 2.17. The van der Waals surface area contributed by atoms with E-state index in [0.717, 1.165) is 25.7 Å². The van der Waals surface area contributed by atoms with Gasteiger partial charge in [-0.15, -0.1) is 0 Å². The van der Waals surface area contributed by atoms with Crippen molar-refractivity contribution in [1.82, 2.24) is 0 Å². The van der Waals surface area contributed by atoms with Crippen molar-refractivity contribution in [3.8, 4) is 0 Å². The number of hydrogen-bond donors (Lipinski definition) is 3. The zero-order chi connectivity index (χ0) is 11.0. The highest BCUT2D eigenvalue weighted by Crippen LogP contribution is 2.16. The maximum Gasteiger partial charge on any atom is 0.323 e. The lowest BCUT2D eigenvalue weighted by atomic mass is 9.90. The molecule has 0 aliphatic rings. The third kappa shape index (κ3) is 4.58. The van der Waals surface area contributed by atoms with Crippen LogP contribution in [0, 0.1) is 0 Å². The Kier molecular flexibility index (Phi) is 6.49. The van der Waals surface area contributed by atoms with E-state index in [0.29, 0.717) is 19.4 Å².